The average Bonchev–Trinajstić information content (AvgIpc) is 3.11. The van der Waals surface area contributed by atoms with Gasteiger partial charge < -0.3 is 9.64 Å². The Balaban J connectivity index is 1.72. The molecule has 1 N–H and O–H groups in total. The van der Waals surface area contributed by atoms with E-state index in [1.807, 2.05) is 4.90 Å². The van der Waals surface area contributed by atoms with Crippen LogP contribution in [0.1, 0.15) is 23.2 Å². The molecule has 0 spiro atoms. The van der Waals surface area contributed by atoms with Crippen LogP contribution in [-0.2, 0) is 10.0 Å². The minimum absolute atomic E-state index is 0.0327. The molecule has 0 unspecified atom stereocenters. The Morgan fingerprint density at radius 2 is 2.03 bits per heavy atom. The molecule has 1 fully saturated rings. The Kier molecular flexibility index (Phi) is 6.88. The number of nitrogens with zero attached hydrogens (tertiary/aromatic N) is 1. The van der Waals surface area contributed by atoms with Gasteiger partial charge in [-0.25, -0.2) is 21.9 Å². The van der Waals surface area contributed by atoms with Crippen molar-refractivity contribution < 1.29 is 26.7 Å². The number of sulfonamides is 1. The van der Waals surface area contributed by atoms with E-state index in [0.717, 1.165) is 43.5 Å². The largest absolute Gasteiger partial charge is 0.490 e. The van der Waals surface area contributed by atoms with Gasteiger partial charge in [-0.1, -0.05) is 11.6 Å². The highest BCUT2D eigenvalue weighted by atomic mass is 79.9. The van der Waals surface area contributed by atoms with E-state index in [-0.39, 0.29) is 23.4 Å². The van der Waals surface area contributed by atoms with Crippen molar-refractivity contribution in [3.8, 4) is 5.75 Å². The van der Waals surface area contributed by atoms with Crippen molar-refractivity contribution in [3.05, 3.63) is 57.0 Å². The van der Waals surface area contributed by atoms with Crippen LogP contribution in [0.5, 0.6) is 5.75 Å². The van der Waals surface area contributed by atoms with E-state index in [0.29, 0.717) is 4.47 Å². The number of carbonyl (C=O) groups excluding carboxylic acids is 1. The summed E-state index contributed by atoms with van der Waals surface area (Å²) < 4.78 is 58.0. The van der Waals surface area contributed by atoms with Crippen molar-refractivity contribution in [2.24, 2.45) is 0 Å². The molecule has 1 amide bonds. The molecule has 162 valence electrons. The maximum Gasteiger partial charge on any atom is 0.267 e. The van der Waals surface area contributed by atoms with Gasteiger partial charge in [-0.2, -0.15) is 0 Å². The van der Waals surface area contributed by atoms with Crippen LogP contribution in [0.25, 0.3) is 0 Å². The van der Waals surface area contributed by atoms with Crippen molar-refractivity contribution in [2.75, 3.05) is 24.3 Å². The quantitative estimate of drug-likeness (QED) is 0.617. The van der Waals surface area contributed by atoms with Crippen LogP contribution in [0.15, 0.2) is 34.8 Å². The van der Waals surface area contributed by atoms with E-state index in [2.05, 4.69) is 15.9 Å². The minimum atomic E-state index is -3.82. The fourth-order valence-electron chi connectivity index (χ4n) is 3.24. The molecule has 1 heterocycles. The third-order valence-electron chi connectivity index (χ3n) is 4.59. The van der Waals surface area contributed by atoms with Crippen molar-refractivity contribution in [1.29, 1.82) is 0 Å². The maximum absolute atomic E-state index is 14.4. The SMILES string of the molecule is CS(=O)(=O)NC(=O)c1cc(Br)c(OC[C@H]2CCCN2c2ccc(F)c(Cl)c2)cc1F. The number of benzene rings is 2. The van der Waals surface area contributed by atoms with Crippen LogP contribution >= 0.6 is 27.5 Å². The van der Waals surface area contributed by atoms with Gasteiger partial charge in [0.2, 0.25) is 10.0 Å². The molecule has 0 aliphatic carbocycles. The van der Waals surface area contributed by atoms with E-state index < -0.39 is 33.1 Å². The van der Waals surface area contributed by atoms with Gasteiger partial charge in [0.05, 0.1) is 27.4 Å². The Bertz CT molecular complexity index is 1080. The first-order valence-corrected chi connectivity index (χ1v) is 12.0. The van der Waals surface area contributed by atoms with Gasteiger partial charge in [0, 0.05) is 18.3 Å². The predicted octanol–water partition coefficient (Wildman–Crippen LogP) is 4.12. The number of halogens is 4. The lowest BCUT2D eigenvalue weighted by molar-refractivity contribution is 0.0977. The summed E-state index contributed by atoms with van der Waals surface area (Å²) in [6, 6.07) is 6.66. The summed E-state index contributed by atoms with van der Waals surface area (Å²) in [7, 11) is -3.82. The van der Waals surface area contributed by atoms with Gasteiger partial charge in [0.25, 0.3) is 5.91 Å². The summed E-state index contributed by atoms with van der Waals surface area (Å²) in [5, 5.41) is 0.0341. The van der Waals surface area contributed by atoms with Gasteiger partial charge in [-0.3, -0.25) is 4.79 Å². The maximum atomic E-state index is 14.4. The highest BCUT2D eigenvalue weighted by Crippen LogP contribution is 2.32. The number of amides is 1. The van der Waals surface area contributed by atoms with Gasteiger partial charge in [0.15, 0.2) is 0 Å². The third-order valence-corrected chi connectivity index (χ3v) is 6.05. The molecule has 2 aromatic rings. The van der Waals surface area contributed by atoms with Crippen molar-refractivity contribution >= 4 is 49.1 Å². The number of hydrogen-bond acceptors (Lipinski definition) is 5. The molecule has 1 aliphatic heterocycles. The second kappa shape index (κ2) is 9.07. The van der Waals surface area contributed by atoms with Gasteiger partial charge in [-0.05, 0) is 53.0 Å². The molecule has 6 nitrogen and oxygen atoms in total. The first kappa shape index (κ1) is 22.8. The molecular formula is C19H18BrClF2N2O4S. The summed E-state index contributed by atoms with van der Waals surface area (Å²) in [6.45, 7) is 0.970. The second-order valence-electron chi connectivity index (χ2n) is 6.86. The lowest BCUT2D eigenvalue weighted by Gasteiger charge is -2.27. The lowest BCUT2D eigenvalue weighted by Crippen LogP contribution is -2.34. The molecule has 3 rings (SSSR count). The fourth-order valence-corrected chi connectivity index (χ4v) is 4.31. The van der Waals surface area contributed by atoms with Crippen molar-refractivity contribution in [2.45, 2.75) is 18.9 Å². The summed E-state index contributed by atoms with van der Waals surface area (Å²) in [5.74, 6) is -2.31. The van der Waals surface area contributed by atoms with Gasteiger partial charge >= 0.3 is 0 Å². The number of rotatable bonds is 6. The van der Waals surface area contributed by atoms with Gasteiger partial charge in [-0.15, -0.1) is 0 Å². The third kappa shape index (κ3) is 5.41. The standard InChI is InChI=1S/C19H18BrClF2N2O4S/c1-30(27,28)24-19(26)13-8-14(20)18(9-17(13)23)29-10-12-3-2-6-25(12)11-4-5-16(22)15(21)7-11/h4-5,7-9,12H,2-3,6,10H2,1H3,(H,24,26)/t12-/m1/s1. The summed E-state index contributed by atoms with van der Waals surface area (Å²) in [4.78, 5) is 14.0. The Morgan fingerprint density at radius 3 is 2.70 bits per heavy atom. The Labute approximate surface area is 186 Å². The van der Waals surface area contributed by atoms with Gasteiger partial charge in [0.1, 0.15) is 24.0 Å². The van der Waals surface area contributed by atoms with E-state index in [1.165, 1.54) is 6.07 Å². The van der Waals surface area contributed by atoms with Crippen LogP contribution in [0.3, 0.4) is 0 Å². The number of hydrogen-bond donors (Lipinski definition) is 1. The molecule has 1 aliphatic rings. The fraction of sp³-hybridized carbons (Fsp3) is 0.316. The normalized spacial score (nSPS) is 16.6. The number of carbonyl (C=O) groups is 1. The van der Waals surface area contributed by atoms with Crippen LogP contribution < -0.4 is 14.4 Å². The first-order chi connectivity index (χ1) is 14.0. The van der Waals surface area contributed by atoms with Crippen LogP contribution in [0.4, 0.5) is 14.5 Å². The zero-order chi connectivity index (χ0) is 22.1. The number of nitrogens with one attached hydrogen (secondary N) is 1. The van der Waals surface area contributed by atoms with E-state index in [9.17, 15) is 22.0 Å². The summed E-state index contributed by atoms with van der Waals surface area (Å²) >= 11 is 9.10. The Morgan fingerprint density at radius 1 is 1.30 bits per heavy atom. The minimum Gasteiger partial charge on any atom is -0.490 e. The molecule has 2 aromatic carbocycles. The molecule has 0 aromatic heterocycles. The topological polar surface area (TPSA) is 75.7 Å². The molecule has 1 atom stereocenters. The second-order valence-corrected chi connectivity index (χ2v) is 9.87. The Hall–Kier alpha value is -1.91. The molecule has 0 bridgehead atoms. The molecule has 1 saturated heterocycles. The van der Waals surface area contributed by atoms with Crippen LogP contribution in [0.2, 0.25) is 5.02 Å². The first-order valence-electron chi connectivity index (χ1n) is 8.91. The molecule has 0 radical (unpaired) electrons. The number of anilines is 1. The smallest absolute Gasteiger partial charge is 0.267 e. The van der Waals surface area contributed by atoms with E-state index >= 15 is 0 Å². The highest BCUT2D eigenvalue weighted by Gasteiger charge is 2.27. The van der Waals surface area contributed by atoms with E-state index in [4.69, 9.17) is 16.3 Å². The molecular weight excluding hydrogens is 506 g/mol. The van der Waals surface area contributed by atoms with E-state index in [1.54, 1.807) is 16.9 Å². The van der Waals surface area contributed by atoms with Crippen molar-refractivity contribution in [3.63, 3.8) is 0 Å². The zero-order valence-electron chi connectivity index (χ0n) is 15.8. The van der Waals surface area contributed by atoms with Crippen LogP contribution in [-0.4, -0.2) is 39.8 Å². The number of ether oxygens (including phenoxy) is 1. The van der Waals surface area contributed by atoms with Crippen molar-refractivity contribution in [1.82, 2.24) is 4.72 Å². The summed E-state index contributed by atoms with van der Waals surface area (Å²) in [6.07, 6.45) is 2.53. The highest BCUT2D eigenvalue weighted by molar-refractivity contribution is 9.10. The molecule has 30 heavy (non-hydrogen) atoms. The summed E-state index contributed by atoms with van der Waals surface area (Å²) in [5.41, 5.74) is 0.341. The molecule has 0 saturated carbocycles. The monoisotopic (exact) mass is 522 g/mol. The predicted molar refractivity (Wildman–Crippen MR) is 114 cm³/mol. The zero-order valence-corrected chi connectivity index (χ0v) is 19.0. The lowest BCUT2D eigenvalue weighted by atomic mass is 10.2. The average molecular weight is 524 g/mol. The molecule has 11 heteroatoms. The van der Waals surface area contributed by atoms with Crippen LogP contribution in [0, 0.1) is 11.6 Å².